The Kier molecular flexibility index (Phi) is 5.32. The van der Waals surface area contributed by atoms with Crippen LogP contribution in [-0.2, 0) is 17.4 Å². The van der Waals surface area contributed by atoms with Crippen molar-refractivity contribution in [3.05, 3.63) is 53.1 Å². The fourth-order valence-corrected chi connectivity index (χ4v) is 4.45. The number of rotatable bonds is 3. The van der Waals surface area contributed by atoms with E-state index in [0.29, 0.717) is 24.5 Å². The molecule has 1 atom stereocenters. The molecule has 1 aromatic heterocycles. The number of likely N-dealkylation sites (tertiary alicyclic amines) is 1. The van der Waals surface area contributed by atoms with Crippen molar-refractivity contribution in [2.45, 2.75) is 50.6 Å². The largest absolute Gasteiger partial charge is 0.416 e. The first-order chi connectivity index (χ1) is 13.8. The average Bonchev–Trinajstić information content (AvgIpc) is 3.11. The van der Waals surface area contributed by atoms with Gasteiger partial charge in [-0.15, -0.1) is 0 Å². The van der Waals surface area contributed by atoms with Gasteiger partial charge in [0, 0.05) is 43.0 Å². The number of aromatic nitrogens is 1. The molecular formula is C22H22F4N2O. The number of hydrogen-bond donors (Lipinski definition) is 0. The lowest BCUT2D eigenvalue weighted by Crippen LogP contribution is -2.36. The molecule has 1 saturated heterocycles. The molecule has 1 amide bonds. The van der Waals surface area contributed by atoms with Gasteiger partial charge in [-0.1, -0.05) is 6.07 Å². The highest BCUT2D eigenvalue weighted by atomic mass is 19.4. The number of nitrogens with zero attached hydrogens (tertiary/aromatic N) is 2. The van der Waals surface area contributed by atoms with Gasteiger partial charge >= 0.3 is 6.18 Å². The van der Waals surface area contributed by atoms with Gasteiger partial charge in [-0.3, -0.25) is 9.78 Å². The third kappa shape index (κ3) is 4.00. The molecule has 1 fully saturated rings. The predicted octanol–water partition coefficient (Wildman–Crippen LogP) is 5.34. The summed E-state index contributed by atoms with van der Waals surface area (Å²) in [4.78, 5) is 18.8. The topological polar surface area (TPSA) is 33.2 Å². The van der Waals surface area contributed by atoms with Gasteiger partial charge in [0.1, 0.15) is 5.82 Å². The summed E-state index contributed by atoms with van der Waals surface area (Å²) in [5.74, 6) is -0.763. The third-order valence-corrected chi connectivity index (χ3v) is 5.99. The fraction of sp³-hybridized carbons (Fsp3) is 0.455. The molecule has 4 rings (SSSR count). The van der Waals surface area contributed by atoms with Crippen molar-refractivity contribution in [2.24, 2.45) is 0 Å². The summed E-state index contributed by atoms with van der Waals surface area (Å²) in [6, 6.07) is 2.59. The molecule has 1 aliphatic heterocycles. The van der Waals surface area contributed by atoms with Crippen LogP contribution < -0.4 is 0 Å². The van der Waals surface area contributed by atoms with E-state index in [1.165, 1.54) is 12.3 Å². The molecule has 0 radical (unpaired) electrons. The number of hydrogen-bond acceptors (Lipinski definition) is 2. The molecule has 0 saturated carbocycles. The Morgan fingerprint density at radius 2 is 1.86 bits per heavy atom. The van der Waals surface area contributed by atoms with E-state index in [1.807, 2.05) is 4.90 Å². The number of carbonyl (C=O) groups excluding carboxylic acids is 1. The van der Waals surface area contributed by atoms with Crippen LogP contribution in [0, 0.1) is 5.82 Å². The monoisotopic (exact) mass is 406 g/mol. The number of alkyl halides is 3. The van der Waals surface area contributed by atoms with E-state index in [-0.39, 0.29) is 17.4 Å². The van der Waals surface area contributed by atoms with Crippen molar-refractivity contribution in [2.75, 3.05) is 13.1 Å². The van der Waals surface area contributed by atoms with Crippen molar-refractivity contribution in [3.63, 3.8) is 0 Å². The zero-order valence-electron chi connectivity index (χ0n) is 15.9. The number of piperidine rings is 1. The molecule has 154 valence electrons. The second-order valence-electron chi connectivity index (χ2n) is 7.83. The Bertz CT molecular complexity index is 920. The van der Waals surface area contributed by atoms with Crippen LogP contribution in [0.1, 0.15) is 54.7 Å². The van der Waals surface area contributed by atoms with Crippen LogP contribution in [0.15, 0.2) is 30.6 Å². The lowest BCUT2D eigenvalue weighted by Gasteiger charge is -2.28. The molecule has 1 aromatic carbocycles. The van der Waals surface area contributed by atoms with E-state index in [9.17, 15) is 22.4 Å². The van der Waals surface area contributed by atoms with Gasteiger partial charge in [-0.2, -0.15) is 13.2 Å². The highest BCUT2D eigenvalue weighted by Gasteiger charge is 2.33. The first-order valence-corrected chi connectivity index (χ1v) is 9.96. The van der Waals surface area contributed by atoms with Gasteiger partial charge in [0.15, 0.2) is 0 Å². The molecule has 2 aromatic rings. The minimum absolute atomic E-state index is 0.0180. The van der Waals surface area contributed by atoms with Crippen LogP contribution >= 0.6 is 0 Å². The zero-order valence-corrected chi connectivity index (χ0v) is 15.9. The van der Waals surface area contributed by atoms with Crippen molar-refractivity contribution in [3.8, 4) is 11.1 Å². The Morgan fingerprint density at radius 1 is 1.10 bits per heavy atom. The van der Waals surface area contributed by atoms with Gasteiger partial charge in [-0.05, 0) is 61.3 Å². The number of benzene rings is 1. The number of amides is 1. The number of halogens is 4. The van der Waals surface area contributed by atoms with Crippen LogP contribution in [0.4, 0.5) is 17.6 Å². The molecule has 2 aliphatic rings. The summed E-state index contributed by atoms with van der Waals surface area (Å²) in [7, 11) is 0. The normalized spacial score (nSPS) is 19.3. The maximum absolute atomic E-state index is 14.5. The van der Waals surface area contributed by atoms with Gasteiger partial charge in [-0.25, -0.2) is 4.39 Å². The molecule has 0 spiro atoms. The Labute approximate surface area is 166 Å². The SMILES string of the molecule is O=C(CC1CCc2c(-c3ccc(C(F)(F)F)cc3F)cncc21)N1CCCCC1. The van der Waals surface area contributed by atoms with E-state index >= 15 is 0 Å². The summed E-state index contributed by atoms with van der Waals surface area (Å²) in [5, 5.41) is 0. The number of pyridine rings is 1. The fourth-order valence-electron chi connectivity index (χ4n) is 4.45. The van der Waals surface area contributed by atoms with Crippen LogP contribution in [0.2, 0.25) is 0 Å². The second-order valence-corrected chi connectivity index (χ2v) is 7.83. The number of fused-ring (bicyclic) bond motifs is 1. The quantitative estimate of drug-likeness (QED) is 0.645. The summed E-state index contributed by atoms with van der Waals surface area (Å²) >= 11 is 0. The minimum atomic E-state index is -4.59. The summed E-state index contributed by atoms with van der Waals surface area (Å²) < 4.78 is 53.0. The molecule has 0 N–H and O–H groups in total. The molecule has 2 heterocycles. The Morgan fingerprint density at radius 3 is 2.55 bits per heavy atom. The summed E-state index contributed by atoms with van der Waals surface area (Å²) in [6.07, 6.45) is 3.66. The number of carbonyl (C=O) groups is 1. The Hall–Kier alpha value is -2.44. The van der Waals surface area contributed by atoms with Gasteiger partial charge in [0.2, 0.25) is 5.91 Å². The van der Waals surface area contributed by atoms with E-state index in [0.717, 1.165) is 56.0 Å². The van der Waals surface area contributed by atoms with Gasteiger partial charge in [0.05, 0.1) is 5.56 Å². The Balaban J connectivity index is 1.59. The molecule has 1 aliphatic carbocycles. The van der Waals surface area contributed by atoms with E-state index < -0.39 is 17.6 Å². The van der Waals surface area contributed by atoms with E-state index in [1.54, 1.807) is 6.20 Å². The van der Waals surface area contributed by atoms with Crippen molar-refractivity contribution in [1.82, 2.24) is 9.88 Å². The predicted molar refractivity (Wildman–Crippen MR) is 101 cm³/mol. The molecular weight excluding hydrogens is 384 g/mol. The van der Waals surface area contributed by atoms with Crippen LogP contribution in [-0.4, -0.2) is 28.9 Å². The lowest BCUT2D eigenvalue weighted by molar-refractivity contribution is -0.137. The third-order valence-electron chi connectivity index (χ3n) is 5.99. The van der Waals surface area contributed by atoms with E-state index in [2.05, 4.69) is 4.98 Å². The maximum Gasteiger partial charge on any atom is 0.416 e. The van der Waals surface area contributed by atoms with Crippen LogP contribution in [0.5, 0.6) is 0 Å². The summed E-state index contributed by atoms with van der Waals surface area (Å²) in [6.45, 7) is 1.60. The van der Waals surface area contributed by atoms with Crippen LogP contribution in [0.3, 0.4) is 0 Å². The zero-order chi connectivity index (χ0) is 20.6. The molecule has 3 nitrogen and oxygen atoms in total. The average molecular weight is 406 g/mol. The molecule has 7 heteroatoms. The molecule has 29 heavy (non-hydrogen) atoms. The van der Waals surface area contributed by atoms with E-state index in [4.69, 9.17) is 0 Å². The van der Waals surface area contributed by atoms with Crippen molar-refractivity contribution < 1.29 is 22.4 Å². The standard InChI is InChI=1S/C22H22F4N2O/c23-20-11-15(22(24,25)26)5-7-17(20)19-13-27-12-18-14(4-6-16(18)19)10-21(29)28-8-2-1-3-9-28/h5,7,11-14H,1-4,6,8-10H2. The van der Waals surface area contributed by atoms with Gasteiger partial charge in [0.25, 0.3) is 0 Å². The molecule has 0 bridgehead atoms. The van der Waals surface area contributed by atoms with Crippen molar-refractivity contribution >= 4 is 5.91 Å². The second kappa shape index (κ2) is 7.76. The first kappa shape index (κ1) is 19.9. The maximum atomic E-state index is 14.5. The molecule has 1 unspecified atom stereocenters. The lowest BCUT2D eigenvalue weighted by atomic mass is 9.94. The van der Waals surface area contributed by atoms with Crippen LogP contribution in [0.25, 0.3) is 11.1 Å². The highest BCUT2D eigenvalue weighted by Crippen LogP contribution is 2.41. The smallest absolute Gasteiger partial charge is 0.343 e. The van der Waals surface area contributed by atoms with Crippen molar-refractivity contribution in [1.29, 1.82) is 0 Å². The minimum Gasteiger partial charge on any atom is -0.343 e. The first-order valence-electron chi connectivity index (χ1n) is 9.96. The highest BCUT2D eigenvalue weighted by molar-refractivity contribution is 5.78. The summed E-state index contributed by atoms with van der Waals surface area (Å²) in [5.41, 5.74) is 1.42. The van der Waals surface area contributed by atoms with Gasteiger partial charge < -0.3 is 4.90 Å².